The first-order valence-corrected chi connectivity index (χ1v) is 8.34. The van der Waals surface area contributed by atoms with Crippen molar-refractivity contribution < 1.29 is 14.6 Å². The first kappa shape index (κ1) is 17.4. The molecular formula is C18H24N4O3. The summed E-state index contributed by atoms with van der Waals surface area (Å²) in [4.78, 5) is 12.9. The second kappa shape index (κ2) is 8.13. The fourth-order valence-electron chi connectivity index (χ4n) is 3.06. The van der Waals surface area contributed by atoms with Crippen molar-refractivity contribution in [3.63, 3.8) is 0 Å². The Bertz CT molecular complexity index is 675. The van der Waals surface area contributed by atoms with Gasteiger partial charge in [-0.3, -0.25) is 9.88 Å². The predicted molar refractivity (Wildman–Crippen MR) is 95.2 cm³/mol. The van der Waals surface area contributed by atoms with Gasteiger partial charge in [-0.25, -0.2) is 4.98 Å². The van der Waals surface area contributed by atoms with Gasteiger partial charge in [0.05, 0.1) is 26.5 Å². The van der Waals surface area contributed by atoms with E-state index in [4.69, 9.17) is 9.47 Å². The predicted octanol–water partition coefficient (Wildman–Crippen LogP) is 1.35. The van der Waals surface area contributed by atoms with E-state index in [1.807, 2.05) is 18.2 Å². The van der Waals surface area contributed by atoms with Crippen LogP contribution in [0.1, 0.15) is 11.7 Å². The molecular weight excluding hydrogens is 320 g/mol. The van der Waals surface area contributed by atoms with Crippen LogP contribution in [-0.4, -0.2) is 66.9 Å². The molecule has 1 saturated heterocycles. The van der Waals surface area contributed by atoms with Crippen LogP contribution in [0.4, 0.5) is 5.82 Å². The Hall–Kier alpha value is -2.38. The lowest BCUT2D eigenvalue weighted by Gasteiger charge is -2.36. The van der Waals surface area contributed by atoms with Gasteiger partial charge in [0, 0.05) is 50.7 Å². The number of aliphatic hydroxyl groups excluding tert-OH is 1. The maximum absolute atomic E-state index is 10.7. The number of hydrogen-bond donors (Lipinski definition) is 1. The van der Waals surface area contributed by atoms with Gasteiger partial charge in [-0.05, 0) is 18.2 Å². The largest absolute Gasteiger partial charge is 0.497 e. The van der Waals surface area contributed by atoms with Gasteiger partial charge in [0.25, 0.3) is 0 Å². The number of aromatic nitrogens is 2. The Morgan fingerprint density at radius 2 is 1.92 bits per heavy atom. The van der Waals surface area contributed by atoms with Gasteiger partial charge in [-0.1, -0.05) is 0 Å². The molecule has 0 amide bonds. The van der Waals surface area contributed by atoms with E-state index in [1.54, 1.807) is 32.8 Å². The van der Waals surface area contributed by atoms with Crippen molar-refractivity contribution in [1.29, 1.82) is 0 Å². The number of piperazine rings is 1. The molecule has 134 valence electrons. The number of anilines is 1. The van der Waals surface area contributed by atoms with E-state index in [2.05, 4.69) is 19.8 Å². The van der Waals surface area contributed by atoms with Crippen molar-refractivity contribution >= 4 is 5.82 Å². The number of β-amino-alcohol motifs (C(OH)–C–C–N with tert-alkyl or cyclic N) is 1. The monoisotopic (exact) mass is 344 g/mol. The van der Waals surface area contributed by atoms with Crippen molar-refractivity contribution in [2.45, 2.75) is 6.10 Å². The molecule has 25 heavy (non-hydrogen) atoms. The molecule has 1 aromatic carbocycles. The smallest absolute Gasteiger partial charge is 0.147 e. The van der Waals surface area contributed by atoms with E-state index in [9.17, 15) is 5.11 Å². The molecule has 1 aliphatic rings. The highest BCUT2D eigenvalue weighted by molar-refractivity contribution is 5.42. The minimum Gasteiger partial charge on any atom is -0.497 e. The topological polar surface area (TPSA) is 71.0 Å². The minimum atomic E-state index is -0.631. The maximum Gasteiger partial charge on any atom is 0.147 e. The lowest BCUT2D eigenvalue weighted by molar-refractivity contribution is 0.107. The normalized spacial score (nSPS) is 16.5. The van der Waals surface area contributed by atoms with E-state index in [0.29, 0.717) is 18.0 Å². The fraction of sp³-hybridized carbons (Fsp3) is 0.444. The van der Waals surface area contributed by atoms with E-state index in [1.165, 1.54) is 0 Å². The Labute approximate surface area is 147 Å². The summed E-state index contributed by atoms with van der Waals surface area (Å²) in [5.41, 5.74) is 0.748. The summed E-state index contributed by atoms with van der Waals surface area (Å²) in [6.45, 7) is 4.00. The Kier molecular flexibility index (Phi) is 5.67. The number of ether oxygens (including phenoxy) is 2. The standard InChI is InChI=1S/C18H24N4O3/c1-24-14-3-4-17(25-2)15(11-14)16(23)13-21-7-9-22(10-8-21)18-12-19-5-6-20-18/h3-6,11-12,16,23H,7-10,13H2,1-2H3/t16-/m1/s1. The Balaban J connectivity index is 1.60. The zero-order valence-corrected chi connectivity index (χ0v) is 14.6. The highest BCUT2D eigenvalue weighted by Gasteiger charge is 2.22. The van der Waals surface area contributed by atoms with Gasteiger partial charge in [0.15, 0.2) is 0 Å². The summed E-state index contributed by atoms with van der Waals surface area (Å²) in [5.74, 6) is 2.28. The zero-order chi connectivity index (χ0) is 17.6. The van der Waals surface area contributed by atoms with Crippen LogP contribution in [0.25, 0.3) is 0 Å². The number of methoxy groups -OCH3 is 2. The third-order valence-corrected chi connectivity index (χ3v) is 4.47. The molecule has 0 saturated carbocycles. The molecule has 2 heterocycles. The number of nitrogens with zero attached hydrogens (tertiary/aromatic N) is 4. The second-order valence-corrected chi connectivity index (χ2v) is 5.97. The number of aliphatic hydroxyl groups is 1. The summed E-state index contributed by atoms with van der Waals surface area (Å²) in [6.07, 6.45) is 4.54. The van der Waals surface area contributed by atoms with Crippen molar-refractivity contribution in [2.75, 3.05) is 51.8 Å². The van der Waals surface area contributed by atoms with Crippen molar-refractivity contribution in [1.82, 2.24) is 14.9 Å². The number of rotatable bonds is 6. The zero-order valence-electron chi connectivity index (χ0n) is 14.6. The summed E-state index contributed by atoms with van der Waals surface area (Å²) in [7, 11) is 3.22. The molecule has 2 aromatic rings. The van der Waals surface area contributed by atoms with Crippen LogP contribution in [0.15, 0.2) is 36.8 Å². The third-order valence-electron chi connectivity index (χ3n) is 4.47. The van der Waals surface area contributed by atoms with Crippen LogP contribution in [-0.2, 0) is 0 Å². The van der Waals surface area contributed by atoms with E-state index in [0.717, 1.165) is 37.6 Å². The fourth-order valence-corrected chi connectivity index (χ4v) is 3.06. The van der Waals surface area contributed by atoms with Gasteiger partial charge in [-0.15, -0.1) is 0 Å². The summed E-state index contributed by atoms with van der Waals surface area (Å²) >= 11 is 0. The van der Waals surface area contributed by atoms with Crippen LogP contribution >= 0.6 is 0 Å². The molecule has 7 heteroatoms. The SMILES string of the molecule is COc1ccc(OC)c([C@H](O)CN2CCN(c3cnccn3)CC2)c1. The molecule has 1 N–H and O–H groups in total. The second-order valence-electron chi connectivity index (χ2n) is 5.97. The van der Waals surface area contributed by atoms with Gasteiger partial charge >= 0.3 is 0 Å². The first-order chi connectivity index (χ1) is 12.2. The van der Waals surface area contributed by atoms with Crippen LogP contribution in [0, 0.1) is 0 Å². The average Bonchev–Trinajstić information content (AvgIpc) is 2.68. The van der Waals surface area contributed by atoms with Crippen LogP contribution < -0.4 is 14.4 Å². The minimum absolute atomic E-state index is 0.553. The number of hydrogen-bond acceptors (Lipinski definition) is 7. The summed E-state index contributed by atoms with van der Waals surface area (Å²) < 4.78 is 10.6. The van der Waals surface area contributed by atoms with E-state index < -0.39 is 6.10 Å². The Morgan fingerprint density at radius 3 is 2.56 bits per heavy atom. The molecule has 1 atom stereocenters. The molecule has 7 nitrogen and oxygen atoms in total. The van der Waals surface area contributed by atoms with Gasteiger partial charge in [-0.2, -0.15) is 0 Å². The summed E-state index contributed by atoms with van der Waals surface area (Å²) in [5, 5.41) is 10.7. The molecule has 0 unspecified atom stereocenters. The van der Waals surface area contributed by atoms with Crippen molar-refractivity contribution in [2.24, 2.45) is 0 Å². The average molecular weight is 344 g/mol. The van der Waals surface area contributed by atoms with Crippen LogP contribution in [0.2, 0.25) is 0 Å². The summed E-state index contributed by atoms with van der Waals surface area (Å²) in [6, 6.07) is 5.48. The molecule has 0 aliphatic carbocycles. The Morgan fingerprint density at radius 1 is 1.12 bits per heavy atom. The number of benzene rings is 1. The lowest BCUT2D eigenvalue weighted by Crippen LogP contribution is -2.47. The molecule has 1 aliphatic heterocycles. The van der Waals surface area contributed by atoms with Crippen molar-refractivity contribution in [3.8, 4) is 11.5 Å². The molecule has 0 bridgehead atoms. The maximum atomic E-state index is 10.7. The third kappa shape index (κ3) is 4.18. The van der Waals surface area contributed by atoms with E-state index in [-0.39, 0.29) is 0 Å². The van der Waals surface area contributed by atoms with Crippen LogP contribution in [0.5, 0.6) is 11.5 Å². The molecule has 0 radical (unpaired) electrons. The van der Waals surface area contributed by atoms with Gasteiger partial charge in [0.1, 0.15) is 17.3 Å². The van der Waals surface area contributed by atoms with Gasteiger partial charge in [0.2, 0.25) is 0 Å². The molecule has 1 fully saturated rings. The highest BCUT2D eigenvalue weighted by atomic mass is 16.5. The van der Waals surface area contributed by atoms with Crippen molar-refractivity contribution in [3.05, 3.63) is 42.4 Å². The molecule has 3 rings (SSSR count). The van der Waals surface area contributed by atoms with Gasteiger partial charge < -0.3 is 19.5 Å². The molecule has 0 spiro atoms. The van der Waals surface area contributed by atoms with E-state index >= 15 is 0 Å². The van der Waals surface area contributed by atoms with Crippen LogP contribution in [0.3, 0.4) is 0 Å². The lowest BCUT2D eigenvalue weighted by atomic mass is 10.1. The molecule has 1 aromatic heterocycles. The first-order valence-electron chi connectivity index (χ1n) is 8.34. The highest BCUT2D eigenvalue weighted by Crippen LogP contribution is 2.30. The quantitative estimate of drug-likeness (QED) is 0.848.